The first-order valence-corrected chi connectivity index (χ1v) is 4.47. The van der Waals surface area contributed by atoms with Gasteiger partial charge in [-0.05, 0) is 38.6 Å². The van der Waals surface area contributed by atoms with E-state index in [1.165, 1.54) is 11.1 Å². The third-order valence-corrected chi connectivity index (χ3v) is 2.06. The molecular formula is C9H15Br. The molecular weight excluding hydrogens is 188 g/mol. The van der Waals surface area contributed by atoms with E-state index < -0.39 is 0 Å². The lowest BCUT2D eigenvalue weighted by atomic mass is 10.1. The summed E-state index contributed by atoms with van der Waals surface area (Å²) in [5, 5.41) is 0. The molecule has 58 valence electrons. The summed E-state index contributed by atoms with van der Waals surface area (Å²) in [7, 11) is 0. The molecule has 0 aliphatic carbocycles. The molecule has 0 bridgehead atoms. The number of hydrogen-bond acceptors (Lipinski definition) is 0. The quantitative estimate of drug-likeness (QED) is 0.607. The molecule has 0 aliphatic heterocycles. The molecule has 0 aliphatic rings. The molecule has 10 heavy (non-hydrogen) atoms. The Hall–Kier alpha value is -0.0400. The van der Waals surface area contributed by atoms with Crippen LogP contribution in [0.15, 0.2) is 22.2 Å². The summed E-state index contributed by atoms with van der Waals surface area (Å²) in [5.74, 6) is 0. The first kappa shape index (κ1) is 9.96. The van der Waals surface area contributed by atoms with Crippen molar-refractivity contribution >= 4 is 15.9 Å². The van der Waals surface area contributed by atoms with Crippen LogP contribution >= 0.6 is 15.9 Å². The Morgan fingerprint density at radius 3 is 2.30 bits per heavy atom. The van der Waals surface area contributed by atoms with Gasteiger partial charge in [-0.2, -0.15) is 0 Å². The highest BCUT2D eigenvalue weighted by Crippen LogP contribution is 2.07. The minimum absolute atomic E-state index is 1.16. The molecule has 0 saturated carbocycles. The Morgan fingerprint density at radius 1 is 1.30 bits per heavy atom. The fourth-order valence-corrected chi connectivity index (χ4v) is 0.872. The van der Waals surface area contributed by atoms with Crippen LogP contribution < -0.4 is 0 Å². The average molecular weight is 203 g/mol. The highest BCUT2D eigenvalue weighted by Gasteiger charge is 1.85. The van der Waals surface area contributed by atoms with E-state index in [2.05, 4.69) is 42.8 Å². The van der Waals surface area contributed by atoms with Crippen molar-refractivity contribution in [3.05, 3.63) is 22.2 Å². The molecule has 0 N–H and O–H groups in total. The Labute approximate surface area is 72.1 Å². The zero-order chi connectivity index (χ0) is 7.98. The molecule has 0 aromatic heterocycles. The predicted molar refractivity (Wildman–Crippen MR) is 51.3 cm³/mol. The van der Waals surface area contributed by atoms with E-state index in [0.29, 0.717) is 0 Å². The monoisotopic (exact) mass is 202 g/mol. The molecule has 0 nitrogen and oxygen atoms in total. The summed E-state index contributed by atoms with van der Waals surface area (Å²) in [6.45, 7) is 6.40. The summed E-state index contributed by atoms with van der Waals surface area (Å²) in [4.78, 5) is 1.99. The molecule has 0 atom stereocenters. The summed E-state index contributed by atoms with van der Waals surface area (Å²) in [5.41, 5.74) is 2.81. The standard InChI is InChI=1S/C9H15Br/c1-8(2)5-4-6-9(3)7-10/h5,7H,4,6H2,1-3H3. The van der Waals surface area contributed by atoms with Gasteiger partial charge in [0.05, 0.1) is 0 Å². The Bertz CT molecular complexity index is 139. The predicted octanol–water partition coefficient (Wildman–Crippen LogP) is 4.03. The van der Waals surface area contributed by atoms with Gasteiger partial charge in [-0.3, -0.25) is 0 Å². The zero-order valence-corrected chi connectivity index (χ0v) is 8.53. The highest BCUT2D eigenvalue weighted by molar-refractivity contribution is 9.11. The van der Waals surface area contributed by atoms with Gasteiger partial charge in [-0.1, -0.05) is 33.2 Å². The van der Waals surface area contributed by atoms with Gasteiger partial charge >= 0.3 is 0 Å². The van der Waals surface area contributed by atoms with Crippen molar-refractivity contribution in [1.82, 2.24) is 0 Å². The minimum Gasteiger partial charge on any atom is -0.0856 e. The minimum atomic E-state index is 1.16. The van der Waals surface area contributed by atoms with Crippen LogP contribution in [0.4, 0.5) is 0 Å². The molecule has 0 heterocycles. The fraction of sp³-hybridized carbons (Fsp3) is 0.556. The number of allylic oxidation sites excluding steroid dienone is 3. The first-order chi connectivity index (χ1) is 4.66. The van der Waals surface area contributed by atoms with Crippen LogP contribution in [0.25, 0.3) is 0 Å². The van der Waals surface area contributed by atoms with Crippen LogP contribution in [-0.2, 0) is 0 Å². The first-order valence-electron chi connectivity index (χ1n) is 3.56. The number of halogens is 1. The van der Waals surface area contributed by atoms with Crippen molar-refractivity contribution in [2.45, 2.75) is 33.6 Å². The Balaban J connectivity index is 3.47. The van der Waals surface area contributed by atoms with Gasteiger partial charge < -0.3 is 0 Å². The number of hydrogen-bond donors (Lipinski definition) is 0. The van der Waals surface area contributed by atoms with Crippen molar-refractivity contribution in [2.24, 2.45) is 0 Å². The second-order valence-corrected chi connectivity index (χ2v) is 3.23. The third-order valence-electron chi connectivity index (χ3n) is 1.28. The Kier molecular flexibility index (Phi) is 5.70. The lowest BCUT2D eigenvalue weighted by Crippen LogP contribution is -1.74. The van der Waals surface area contributed by atoms with Gasteiger partial charge in [0.15, 0.2) is 0 Å². The summed E-state index contributed by atoms with van der Waals surface area (Å²) in [6.07, 6.45) is 4.59. The summed E-state index contributed by atoms with van der Waals surface area (Å²) in [6, 6.07) is 0. The molecule has 0 fully saturated rings. The fourth-order valence-electron chi connectivity index (χ4n) is 0.643. The van der Waals surface area contributed by atoms with E-state index >= 15 is 0 Å². The van der Waals surface area contributed by atoms with E-state index in [4.69, 9.17) is 0 Å². The summed E-state index contributed by atoms with van der Waals surface area (Å²) >= 11 is 3.30. The zero-order valence-electron chi connectivity index (χ0n) is 6.95. The number of rotatable bonds is 3. The van der Waals surface area contributed by atoms with Crippen molar-refractivity contribution in [3.8, 4) is 0 Å². The molecule has 1 heteroatoms. The van der Waals surface area contributed by atoms with Crippen LogP contribution in [0.3, 0.4) is 0 Å². The van der Waals surface area contributed by atoms with Crippen LogP contribution in [0.2, 0.25) is 0 Å². The van der Waals surface area contributed by atoms with E-state index in [9.17, 15) is 0 Å². The van der Waals surface area contributed by atoms with Crippen LogP contribution in [-0.4, -0.2) is 0 Å². The maximum absolute atomic E-state index is 3.30. The molecule has 0 amide bonds. The van der Waals surface area contributed by atoms with Crippen molar-refractivity contribution in [3.63, 3.8) is 0 Å². The lowest BCUT2D eigenvalue weighted by Gasteiger charge is -1.94. The SMILES string of the molecule is CC(C)=CCCC(C)=CBr. The smallest absolute Gasteiger partial charge is 0.0200 e. The lowest BCUT2D eigenvalue weighted by molar-refractivity contribution is 0.971. The molecule has 0 rings (SSSR count). The van der Waals surface area contributed by atoms with Crippen molar-refractivity contribution in [1.29, 1.82) is 0 Å². The van der Waals surface area contributed by atoms with Gasteiger partial charge in [-0.25, -0.2) is 0 Å². The van der Waals surface area contributed by atoms with Gasteiger partial charge in [0.25, 0.3) is 0 Å². The van der Waals surface area contributed by atoms with E-state index in [1.54, 1.807) is 0 Å². The van der Waals surface area contributed by atoms with Crippen LogP contribution in [0, 0.1) is 0 Å². The molecule has 0 saturated heterocycles. The van der Waals surface area contributed by atoms with Gasteiger partial charge in [0.2, 0.25) is 0 Å². The molecule has 0 aromatic carbocycles. The van der Waals surface area contributed by atoms with Crippen molar-refractivity contribution in [2.75, 3.05) is 0 Å². The highest BCUT2D eigenvalue weighted by atomic mass is 79.9. The molecule has 0 aromatic rings. The third kappa shape index (κ3) is 6.09. The van der Waals surface area contributed by atoms with Gasteiger partial charge in [-0.15, -0.1) is 0 Å². The molecule has 0 unspecified atom stereocenters. The molecule has 0 radical (unpaired) electrons. The van der Waals surface area contributed by atoms with Gasteiger partial charge in [0, 0.05) is 0 Å². The normalized spacial score (nSPS) is 11.4. The van der Waals surface area contributed by atoms with E-state index in [-0.39, 0.29) is 0 Å². The Morgan fingerprint density at radius 2 is 1.90 bits per heavy atom. The maximum Gasteiger partial charge on any atom is -0.0200 e. The topological polar surface area (TPSA) is 0 Å². The summed E-state index contributed by atoms with van der Waals surface area (Å²) < 4.78 is 0. The van der Waals surface area contributed by atoms with Crippen LogP contribution in [0.5, 0.6) is 0 Å². The second-order valence-electron chi connectivity index (χ2n) is 2.78. The van der Waals surface area contributed by atoms with E-state index in [0.717, 1.165) is 12.8 Å². The van der Waals surface area contributed by atoms with Crippen LogP contribution in [0.1, 0.15) is 33.6 Å². The molecule has 0 spiro atoms. The maximum atomic E-state index is 3.30. The average Bonchev–Trinajstić information content (AvgIpc) is 1.87. The van der Waals surface area contributed by atoms with Crippen molar-refractivity contribution < 1.29 is 0 Å². The van der Waals surface area contributed by atoms with Gasteiger partial charge in [0.1, 0.15) is 0 Å². The largest absolute Gasteiger partial charge is 0.0856 e. The van der Waals surface area contributed by atoms with E-state index in [1.807, 2.05) is 4.99 Å². The second kappa shape index (κ2) is 5.72.